The standard InChI is InChI=1S/C30H25NO5S2/c1-35-29(34)24-16-23(28(32)33)17-25(18-24)30(37)38-31(19-21-8-4-2-5-9-21)20-22-12-14-27(15-13-22)36-26-10-6-3-7-11-26/h2-18H,19-20H2,1H3,(H,32,33). The summed E-state index contributed by atoms with van der Waals surface area (Å²) >= 11 is 7.04. The van der Waals surface area contributed by atoms with Crippen molar-refractivity contribution in [3.05, 3.63) is 131 Å². The lowest BCUT2D eigenvalue weighted by Crippen LogP contribution is -2.18. The van der Waals surface area contributed by atoms with Crippen LogP contribution < -0.4 is 4.74 Å². The van der Waals surface area contributed by atoms with E-state index in [1.54, 1.807) is 6.07 Å². The fourth-order valence-electron chi connectivity index (χ4n) is 3.67. The number of carboxylic acid groups (broad SMARTS) is 1. The quantitative estimate of drug-likeness (QED) is 0.130. The average Bonchev–Trinajstić information content (AvgIpc) is 2.94. The van der Waals surface area contributed by atoms with Crippen molar-refractivity contribution in [1.82, 2.24) is 4.31 Å². The molecule has 0 unspecified atom stereocenters. The molecule has 0 spiro atoms. The number of esters is 1. The molecule has 0 atom stereocenters. The zero-order valence-corrected chi connectivity index (χ0v) is 22.2. The van der Waals surface area contributed by atoms with Gasteiger partial charge in [-0.3, -0.25) is 0 Å². The summed E-state index contributed by atoms with van der Waals surface area (Å²) in [4.78, 5) is 23.8. The molecule has 0 aliphatic carbocycles. The van der Waals surface area contributed by atoms with Gasteiger partial charge in [-0.1, -0.05) is 72.9 Å². The molecule has 0 bridgehead atoms. The number of hydrogen-bond donors (Lipinski definition) is 1. The Kier molecular flexibility index (Phi) is 9.26. The van der Waals surface area contributed by atoms with Gasteiger partial charge in [0, 0.05) is 18.7 Å². The van der Waals surface area contributed by atoms with Gasteiger partial charge in [-0.15, -0.1) is 0 Å². The molecule has 4 aromatic rings. The van der Waals surface area contributed by atoms with Crippen molar-refractivity contribution in [3.63, 3.8) is 0 Å². The SMILES string of the molecule is COC(=O)c1cc(C(=O)O)cc(C(=S)SN(Cc2ccccc2)Cc2ccc(Oc3ccccc3)cc2)c1. The van der Waals surface area contributed by atoms with E-state index in [1.807, 2.05) is 84.9 Å². The van der Waals surface area contributed by atoms with Gasteiger partial charge >= 0.3 is 11.9 Å². The summed E-state index contributed by atoms with van der Waals surface area (Å²) in [6, 6.07) is 31.7. The molecule has 6 nitrogen and oxygen atoms in total. The Hall–Kier alpha value is -3.98. The average molecular weight is 544 g/mol. The number of hydrogen-bond acceptors (Lipinski definition) is 7. The molecule has 0 amide bonds. The lowest BCUT2D eigenvalue weighted by atomic mass is 10.1. The van der Waals surface area contributed by atoms with Crippen LogP contribution in [-0.2, 0) is 17.8 Å². The number of para-hydroxylation sites is 1. The molecule has 4 rings (SSSR count). The number of methoxy groups -OCH3 is 1. The van der Waals surface area contributed by atoms with Crippen LogP contribution >= 0.6 is 24.2 Å². The Bertz CT molecular complexity index is 1410. The molecular weight excluding hydrogens is 518 g/mol. The van der Waals surface area contributed by atoms with E-state index >= 15 is 0 Å². The number of carboxylic acids is 1. The number of ether oxygens (including phenoxy) is 2. The van der Waals surface area contributed by atoms with Gasteiger partial charge in [0.2, 0.25) is 0 Å². The van der Waals surface area contributed by atoms with Gasteiger partial charge in [-0.2, -0.15) is 0 Å². The van der Waals surface area contributed by atoms with Crippen molar-refractivity contribution in [1.29, 1.82) is 0 Å². The van der Waals surface area contributed by atoms with Gasteiger partial charge in [0.05, 0.1) is 22.4 Å². The summed E-state index contributed by atoms with van der Waals surface area (Å²) in [5, 5.41) is 9.53. The maximum atomic E-state index is 12.1. The Balaban J connectivity index is 1.54. The first kappa shape index (κ1) is 27.1. The Labute approximate surface area is 231 Å². The smallest absolute Gasteiger partial charge is 0.337 e. The van der Waals surface area contributed by atoms with Crippen LogP contribution in [0, 0.1) is 0 Å². The van der Waals surface area contributed by atoms with Crippen LogP contribution in [0.5, 0.6) is 11.5 Å². The topological polar surface area (TPSA) is 76.1 Å². The number of carbonyl (C=O) groups is 2. The predicted molar refractivity (Wildman–Crippen MR) is 153 cm³/mol. The van der Waals surface area contributed by atoms with Gasteiger partial charge in [-0.25, -0.2) is 13.9 Å². The van der Waals surface area contributed by atoms with E-state index in [2.05, 4.69) is 4.31 Å². The normalized spacial score (nSPS) is 10.7. The van der Waals surface area contributed by atoms with E-state index in [4.69, 9.17) is 21.7 Å². The summed E-state index contributed by atoms with van der Waals surface area (Å²) in [5.41, 5.74) is 2.71. The summed E-state index contributed by atoms with van der Waals surface area (Å²) in [7, 11) is 1.25. The van der Waals surface area contributed by atoms with E-state index in [-0.39, 0.29) is 11.1 Å². The lowest BCUT2D eigenvalue weighted by molar-refractivity contribution is 0.0600. The van der Waals surface area contributed by atoms with Gasteiger partial charge in [-0.05, 0) is 65.5 Å². The van der Waals surface area contributed by atoms with E-state index in [0.717, 1.165) is 22.6 Å². The minimum atomic E-state index is -1.15. The van der Waals surface area contributed by atoms with Crippen molar-refractivity contribution in [2.24, 2.45) is 0 Å². The Morgan fingerprint density at radius 1 is 0.763 bits per heavy atom. The molecule has 0 heterocycles. The van der Waals surface area contributed by atoms with Crippen LogP contribution in [0.25, 0.3) is 0 Å². The molecule has 0 aromatic heterocycles. The first-order valence-electron chi connectivity index (χ1n) is 11.7. The van der Waals surface area contributed by atoms with Crippen LogP contribution in [0.1, 0.15) is 37.4 Å². The highest BCUT2D eigenvalue weighted by Crippen LogP contribution is 2.27. The van der Waals surface area contributed by atoms with Crippen LogP contribution in [0.15, 0.2) is 103 Å². The molecule has 8 heteroatoms. The Morgan fingerprint density at radius 2 is 1.29 bits per heavy atom. The van der Waals surface area contributed by atoms with Crippen molar-refractivity contribution in [2.75, 3.05) is 7.11 Å². The van der Waals surface area contributed by atoms with Crippen molar-refractivity contribution in [3.8, 4) is 11.5 Å². The van der Waals surface area contributed by atoms with Gasteiger partial charge < -0.3 is 14.6 Å². The van der Waals surface area contributed by atoms with Crippen molar-refractivity contribution in [2.45, 2.75) is 13.1 Å². The van der Waals surface area contributed by atoms with Crippen molar-refractivity contribution < 1.29 is 24.2 Å². The zero-order chi connectivity index (χ0) is 26.9. The lowest BCUT2D eigenvalue weighted by Gasteiger charge is -2.22. The second kappa shape index (κ2) is 13.0. The van der Waals surface area contributed by atoms with Crippen LogP contribution in [0.4, 0.5) is 0 Å². The molecule has 1 N–H and O–H groups in total. The van der Waals surface area contributed by atoms with Crippen LogP contribution in [-0.4, -0.2) is 32.7 Å². The second-order valence-electron chi connectivity index (χ2n) is 8.32. The number of aromatic carboxylic acids is 1. The molecule has 0 radical (unpaired) electrons. The van der Waals surface area contributed by atoms with Crippen LogP contribution in [0.3, 0.4) is 0 Å². The maximum Gasteiger partial charge on any atom is 0.337 e. The highest BCUT2D eigenvalue weighted by molar-refractivity contribution is 8.22. The number of benzene rings is 4. The molecule has 0 aliphatic rings. The van der Waals surface area contributed by atoms with Crippen LogP contribution in [0.2, 0.25) is 0 Å². The number of nitrogens with zero attached hydrogens (tertiary/aromatic N) is 1. The molecular formula is C30H25NO5S2. The fraction of sp³-hybridized carbons (Fsp3) is 0.100. The molecule has 0 aliphatic heterocycles. The molecule has 0 saturated carbocycles. The first-order valence-corrected chi connectivity index (χ1v) is 12.9. The largest absolute Gasteiger partial charge is 0.478 e. The number of carbonyl (C=O) groups excluding carboxylic acids is 1. The molecule has 0 fully saturated rings. The zero-order valence-electron chi connectivity index (χ0n) is 20.6. The summed E-state index contributed by atoms with van der Waals surface area (Å²) in [6.07, 6.45) is 0. The van der Waals surface area contributed by atoms with E-state index in [1.165, 1.54) is 31.2 Å². The molecule has 38 heavy (non-hydrogen) atoms. The summed E-state index contributed by atoms with van der Waals surface area (Å²) in [5.74, 6) is -0.273. The number of thiocarbonyl (C=S) groups is 1. The summed E-state index contributed by atoms with van der Waals surface area (Å²) in [6.45, 7) is 1.16. The van der Waals surface area contributed by atoms with E-state index in [9.17, 15) is 14.7 Å². The third kappa shape index (κ3) is 7.52. The second-order valence-corrected chi connectivity index (χ2v) is 10.1. The van der Waals surface area contributed by atoms with E-state index in [0.29, 0.717) is 22.8 Å². The fourth-order valence-corrected chi connectivity index (χ4v) is 4.99. The predicted octanol–water partition coefficient (Wildman–Crippen LogP) is 6.99. The third-order valence-electron chi connectivity index (χ3n) is 5.51. The maximum absolute atomic E-state index is 12.1. The van der Waals surface area contributed by atoms with Gasteiger partial charge in [0.1, 0.15) is 11.5 Å². The highest BCUT2D eigenvalue weighted by atomic mass is 32.2. The number of rotatable bonds is 10. The van der Waals surface area contributed by atoms with Gasteiger partial charge in [0.25, 0.3) is 0 Å². The monoisotopic (exact) mass is 543 g/mol. The highest BCUT2D eigenvalue weighted by Gasteiger charge is 2.18. The first-order chi connectivity index (χ1) is 18.4. The summed E-state index contributed by atoms with van der Waals surface area (Å²) < 4.78 is 13.2. The Morgan fingerprint density at radius 3 is 1.89 bits per heavy atom. The molecule has 4 aromatic carbocycles. The van der Waals surface area contributed by atoms with Crippen molar-refractivity contribution >= 4 is 40.3 Å². The molecule has 0 saturated heterocycles. The van der Waals surface area contributed by atoms with E-state index < -0.39 is 11.9 Å². The molecule has 192 valence electrons. The minimum Gasteiger partial charge on any atom is -0.478 e. The van der Waals surface area contributed by atoms with Gasteiger partial charge in [0.15, 0.2) is 0 Å². The third-order valence-corrected chi connectivity index (χ3v) is 6.89. The minimum absolute atomic E-state index is 0.0329.